The van der Waals surface area contributed by atoms with Gasteiger partial charge in [0, 0.05) is 30.9 Å². The molecule has 0 aliphatic rings. The molecule has 0 aliphatic carbocycles. The quantitative estimate of drug-likeness (QED) is 0.405. The highest BCUT2D eigenvalue weighted by atomic mass is 32.1. The van der Waals surface area contributed by atoms with Gasteiger partial charge in [0.05, 0.1) is 11.0 Å². The van der Waals surface area contributed by atoms with Gasteiger partial charge in [-0.2, -0.15) is 0 Å². The van der Waals surface area contributed by atoms with Crippen LogP contribution in [-0.4, -0.2) is 4.68 Å². The number of thiophene rings is 1. The third-order valence-electron chi connectivity index (χ3n) is 4.21. The summed E-state index contributed by atoms with van der Waals surface area (Å²) in [6.45, 7) is 0. The molecule has 0 bridgehead atoms. The molecule has 0 radical (unpaired) electrons. The second-order valence-electron chi connectivity index (χ2n) is 5.32. The number of hydrogen-bond acceptors (Lipinski definition) is 2. The minimum Gasteiger partial charge on any atom is -0.339 e. The van der Waals surface area contributed by atoms with Gasteiger partial charge in [0.2, 0.25) is 0 Å². The van der Waals surface area contributed by atoms with Crippen LogP contribution in [0.3, 0.4) is 0 Å². The van der Waals surface area contributed by atoms with Crippen molar-refractivity contribution in [3.8, 4) is 0 Å². The number of nitrogens with two attached hydrogens (primary N) is 1. The summed E-state index contributed by atoms with van der Waals surface area (Å²) in [7, 11) is 0. The molecule has 2 nitrogen and oxygen atoms in total. The zero-order chi connectivity index (χ0) is 14.0. The molecule has 0 atom stereocenters. The molecule has 21 heavy (non-hydrogen) atoms. The van der Waals surface area contributed by atoms with Crippen LogP contribution in [0.2, 0.25) is 0 Å². The van der Waals surface area contributed by atoms with E-state index in [4.69, 9.17) is 5.84 Å². The van der Waals surface area contributed by atoms with E-state index in [9.17, 15) is 0 Å². The summed E-state index contributed by atoms with van der Waals surface area (Å²) in [5.41, 5.74) is 2.21. The van der Waals surface area contributed by atoms with Crippen molar-refractivity contribution >= 4 is 53.3 Å². The highest BCUT2D eigenvalue weighted by Crippen LogP contribution is 2.40. The average molecular weight is 288 g/mol. The maximum Gasteiger partial charge on any atom is 0.0796 e. The summed E-state index contributed by atoms with van der Waals surface area (Å²) in [6.07, 6.45) is 0. The minimum absolute atomic E-state index is 1.08. The number of benzene rings is 3. The van der Waals surface area contributed by atoms with Crippen LogP contribution in [0.4, 0.5) is 0 Å². The van der Waals surface area contributed by atoms with Crippen molar-refractivity contribution < 1.29 is 0 Å². The Morgan fingerprint density at radius 1 is 0.714 bits per heavy atom. The largest absolute Gasteiger partial charge is 0.339 e. The lowest BCUT2D eigenvalue weighted by Gasteiger charge is -2.00. The Morgan fingerprint density at radius 3 is 2.38 bits per heavy atom. The van der Waals surface area contributed by atoms with Gasteiger partial charge in [-0.1, -0.05) is 42.5 Å². The number of rotatable bonds is 0. The smallest absolute Gasteiger partial charge is 0.0796 e. The van der Waals surface area contributed by atoms with Gasteiger partial charge in [-0.05, 0) is 18.2 Å². The van der Waals surface area contributed by atoms with Crippen LogP contribution in [0.15, 0.2) is 60.7 Å². The van der Waals surface area contributed by atoms with Crippen LogP contribution in [0.1, 0.15) is 0 Å². The molecule has 3 heteroatoms. The fourth-order valence-electron chi connectivity index (χ4n) is 3.30. The summed E-state index contributed by atoms with van der Waals surface area (Å²) in [5.74, 6) is 6.41. The van der Waals surface area contributed by atoms with Crippen LogP contribution in [0, 0.1) is 0 Å². The molecule has 2 aromatic heterocycles. The van der Waals surface area contributed by atoms with E-state index >= 15 is 0 Å². The Kier molecular flexibility index (Phi) is 2.01. The number of nitrogen functional groups attached to an aromatic ring is 1. The van der Waals surface area contributed by atoms with Gasteiger partial charge in [0.25, 0.3) is 0 Å². The molecule has 2 N–H and O–H groups in total. The third-order valence-corrected chi connectivity index (χ3v) is 5.35. The van der Waals surface area contributed by atoms with Crippen molar-refractivity contribution in [1.82, 2.24) is 4.68 Å². The topological polar surface area (TPSA) is 30.9 Å². The fraction of sp³-hybridized carbons (Fsp3) is 0. The lowest BCUT2D eigenvalue weighted by Crippen LogP contribution is -2.06. The van der Waals surface area contributed by atoms with Crippen LogP contribution < -0.4 is 5.84 Å². The lowest BCUT2D eigenvalue weighted by atomic mass is 10.1. The molecule has 0 unspecified atom stereocenters. The van der Waals surface area contributed by atoms with Crippen molar-refractivity contribution in [2.24, 2.45) is 0 Å². The van der Waals surface area contributed by atoms with Gasteiger partial charge < -0.3 is 5.84 Å². The molecule has 3 aromatic carbocycles. The standard InChI is InChI=1S/C18H12N2S/c19-20-14-7-3-1-5-11(14)12-9-10-16-17(18(12)20)13-6-2-4-8-15(13)21-16/h1-10H,19H2. The van der Waals surface area contributed by atoms with Crippen molar-refractivity contribution in [3.05, 3.63) is 60.7 Å². The van der Waals surface area contributed by atoms with Crippen molar-refractivity contribution in [1.29, 1.82) is 0 Å². The molecular weight excluding hydrogens is 276 g/mol. The first-order valence-corrected chi connectivity index (χ1v) is 7.75. The highest BCUT2D eigenvalue weighted by Gasteiger charge is 2.14. The van der Waals surface area contributed by atoms with E-state index in [2.05, 4.69) is 54.6 Å². The zero-order valence-corrected chi connectivity index (χ0v) is 12.0. The van der Waals surface area contributed by atoms with E-state index in [1.807, 2.05) is 22.1 Å². The van der Waals surface area contributed by atoms with Crippen LogP contribution in [0.5, 0.6) is 0 Å². The fourth-order valence-corrected chi connectivity index (χ4v) is 4.41. The summed E-state index contributed by atoms with van der Waals surface area (Å²) in [4.78, 5) is 0. The predicted molar refractivity (Wildman–Crippen MR) is 92.5 cm³/mol. The SMILES string of the molecule is Nn1c2ccccc2c2ccc3sc4ccccc4c3c21. The number of fused-ring (bicyclic) bond motifs is 7. The number of aromatic nitrogens is 1. The predicted octanol–water partition coefficient (Wildman–Crippen LogP) is 4.88. The van der Waals surface area contributed by atoms with E-state index in [0.29, 0.717) is 0 Å². The van der Waals surface area contributed by atoms with Crippen LogP contribution >= 0.6 is 11.3 Å². The van der Waals surface area contributed by atoms with Crippen LogP contribution in [0.25, 0.3) is 42.0 Å². The summed E-state index contributed by atoms with van der Waals surface area (Å²) >= 11 is 1.83. The van der Waals surface area contributed by atoms with E-state index in [1.54, 1.807) is 0 Å². The van der Waals surface area contributed by atoms with E-state index in [1.165, 1.54) is 30.9 Å². The van der Waals surface area contributed by atoms with Gasteiger partial charge in [0.15, 0.2) is 0 Å². The average Bonchev–Trinajstić information content (AvgIpc) is 3.04. The van der Waals surface area contributed by atoms with Crippen molar-refractivity contribution in [2.75, 3.05) is 5.84 Å². The first kappa shape index (κ1) is 11.2. The Balaban J connectivity index is 2.18. The Hall–Kier alpha value is -2.52. The van der Waals surface area contributed by atoms with Gasteiger partial charge >= 0.3 is 0 Å². The summed E-state index contributed by atoms with van der Waals surface area (Å²) in [6, 6.07) is 21.3. The molecular formula is C18H12N2S. The molecule has 0 fully saturated rings. The number of hydrogen-bond donors (Lipinski definition) is 1. The van der Waals surface area contributed by atoms with E-state index < -0.39 is 0 Å². The zero-order valence-electron chi connectivity index (χ0n) is 11.2. The monoisotopic (exact) mass is 288 g/mol. The Morgan fingerprint density at radius 2 is 1.48 bits per heavy atom. The van der Waals surface area contributed by atoms with Gasteiger partial charge in [-0.15, -0.1) is 11.3 Å². The molecule has 0 saturated heterocycles. The minimum atomic E-state index is 1.08. The van der Waals surface area contributed by atoms with Crippen molar-refractivity contribution in [3.63, 3.8) is 0 Å². The first-order chi connectivity index (χ1) is 10.3. The Labute approximate surface area is 125 Å². The van der Waals surface area contributed by atoms with Gasteiger partial charge in [0.1, 0.15) is 0 Å². The second kappa shape index (κ2) is 3.77. The second-order valence-corrected chi connectivity index (χ2v) is 6.40. The summed E-state index contributed by atoms with van der Waals surface area (Å²) in [5, 5.41) is 5.00. The molecule has 5 rings (SSSR count). The highest BCUT2D eigenvalue weighted by molar-refractivity contribution is 7.26. The normalized spacial score (nSPS) is 12.0. The molecule has 5 aromatic rings. The van der Waals surface area contributed by atoms with Gasteiger partial charge in [-0.25, -0.2) is 0 Å². The molecule has 100 valence electrons. The van der Waals surface area contributed by atoms with E-state index in [-0.39, 0.29) is 0 Å². The molecule has 0 saturated carbocycles. The third kappa shape index (κ3) is 1.31. The maximum atomic E-state index is 6.41. The van der Waals surface area contributed by atoms with Crippen molar-refractivity contribution in [2.45, 2.75) is 0 Å². The molecule has 0 spiro atoms. The lowest BCUT2D eigenvalue weighted by molar-refractivity contribution is 1.13. The van der Waals surface area contributed by atoms with Gasteiger partial charge in [-0.3, -0.25) is 4.68 Å². The first-order valence-electron chi connectivity index (χ1n) is 6.93. The van der Waals surface area contributed by atoms with Crippen LogP contribution in [-0.2, 0) is 0 Å². The molecule has 2 heterocycles. The summed E-state index contributed by atoms with van der Waals surface area (Å²) < 4.78 is 4.44. The molecule has 0 amide bonds. The Bertz CT molecular complexity index is 1150. The number of nitrogens with zero attached hydrogens (tertiary/aromatic N) is 1. The maximum absolute atomic E-state index is 6.41. The molecule has 0 aliphatic heterocycles. The van der Waals surface area contributed by atoms with E-state index in [0.717, 1.165) is 11.0 Å². The number of para-hydroxylation sites is 1.